The second-order valence-corrected chi connectivity index (χ2v) is 7.50. The normalized spacial score (nSPS) is 13.9. The second-order valence-electron chi connectivity index (χ2n) is 7.50. The van der Waals surface area contributed by atoms with E-state index in [-0.39, 0.29) is 29.9 Å². The van der Waals surface area contributed by atoms with Gasteiger partial charge in [-0.2, -0.15) is 0 Å². The number of para-hydroxylation sites is 2. The standard InChI is InChI=1S/C24H33N5O2.HI/c1-4-12-26-23(30)20-9-7-8-19(17-20)18-27-24(25-2)29-15-13-28(14-16-29)21-10-5-6-11-22(21)31-3;/h5-11,17H,4,12-16,18H2,1-3H3,(H,25,27)(H,26,30);1H. The summed E-state index contributed by atoms with van der Waals surface area (Å²) in [6.07, 6.45) is 0.924. The second kappa shape index (κ2) is 13.1. The maximum absolute atomic E-state index is 12.2. The summed E-state index contributed by atoms with van der Waals surface area (Å²) in [6.45, 7) is 6.89. The van der Waals surface area contributed by atoms with E-state index in [1.54, 1.807) is 7.11 Å². The minimum atomic E-state index is -0.0273. The minimum absolute atomic E-state index is 0. The first-order valence-corrected chi connectivity index (χ1v) is 10.9. The number of aliphatic imine (C=N–C) groups is 1. The van der Waals surface area contributed by atoms with E-state index >= 15 is 0 Å². The predicted octanol–water partition coefficient (Wildman–Crippen LogP) is 3.35. The fourth-order valence-corrected chi connectivity index (χ4v) is 3.73. The van der Waals surface area contributed by atoms with Gasteiger partial charge in [0.15, 0.2) is 5.96 Å². The maximum atomic E-state index is 12.2. The molecular formula is C24H34IN5O2. The number of ether oxygens (including phenoxy) is 1. The smallest absolute Gasteiger partial charge is 0.251 e. The Morgan fingerprint density at radius 3 is 2.50 bits per heavy atom. The summed E-state index contributed by atoms with van der Waals surface area (Å²) in [6, 6.07) is 15.9. The quantitative estimate of drug-likeness (QED) is 0.314. The van der Waals surface area contributed by atoms with E-state index in [0.29, 0.717) is 18.7 Å². The SMILES string of the molecule is CCCNC(=O)c1cccc(CNC(=NC)N2CCN(c3ccccc3OC)CC2)c1.I. The average Bonchev–Trinajstić information content (AvgIpc) is 2.83. The van der Waals surface area contributed by atoms with Crippen molar-refractivity contribution in [2.75, 3.05) is 51.8 Å². The third-order valence-electron chi connectivity index (χ3n) is 5.39. The molecule has 1 heterocycles. The summed E-state index contributed by atoms with van der Waals surface area (Å²) in [4.78, 5) is 21.3. The molecule has 8 heteroatoms. The van der Waals surface area contributed by atoms with Crippen LogP contribution in [-0.2, 0) is 6.54 Å². The van der Waals surface area contributed by atoms with Crippen LogP contribution >= 0.6 is 24.0 Å². The van der Waals surface area contributed by atoms with Crippen LogP contribution in [0.3, 0.4) is 0 Å². The lowest BCUT2D eigenvalue weighted by Crippen LogP contribution is -2.52. The molecule has 0 aromatic heterocycles. The van der Waals surface area contributed by atoms with Crippen molar-refractivity contribution in [2.45, 2.75) is 19.9 Å². The van der Waals surface area contributed by atoms with Crippen LogP contribution in [0.25, 0.3) is 0 Å². The fourth-order valence-electron chi connectivity index (χ4n) is 3.73. The molecule has 0 aliphatic carbocycles. The van der Waals surface area contributed by atoms with Gasteiger partial charge in [0.1, 0.15) is 5.75 Å². The number of nitrogens with one attached hydrogen (secondary N) is 2. The Hall–Kier alpha value is -2.49. The molecule has 174 valence electrons. The highest BCUT2D eigenvalue weighted by atomic mass is 127. The van der Waals surface area contributed by atoms with Crippen molar-refractivity contribution >= 4 is 41.5 Å². The van der Waals surface area contributed by atoms with Gasteiger partial charge in [-0.1, -0.05) is 31.2 Å². The minimum Gasteiger partial charge on any atom is -0.495 e. The molecule has 1 aliphatic rings. The molecule has 0 saturated carbocycles. The molecule has 0 unspecified atom stereocenters. The molecule has 7 nitrogen and oxygen atoms in total. The van der Waals surface area contributed by atoms with Crippen LogP contribution in [-0.4, -0.2) is 63.6 Å². The zero-order valence-corrected chi connectivity index (χ0v) is 21.5. The van der Waals surface area contributed by atoms with Gasteiger partial charge < -0.3 is 25.2 Å². The Labute approximate surface area is 208 Å². The monoisotopic (exact) mass is 551 g/mol. The van der Waals surface area contributed by atoms with E-state index in [4.69, 9.17) is 4.74 Å². The Morgan fingerprint density at radius 2 is 1.81 bits per heavy atom. The number of hydrogen-bond donors (Lipinski definition) is 2. The van der Waals surface area contributed by atoms with Crippen molar-refractivity contribution in [3.8, 4) is 5.75 Å². The number of carbonyl (C=O) groups is 1. The molecule has 0 atom stereocenters. The topological polar surface area (TPSA) is 69.2 Å². The number of halogens is 1. The molecule has 1 fully saturated rings. The molecule has 32 heavy (non-hydrogen) atoms. The number of carbonyl (C=O) groups excluding carboxylic acids is 1. The molecule has 1 saturated heterocycles. The van der Waals surface area contributed by atoms with Crippen molar-refractivity contribution in [1.82, 2.24) is 15.5 Å². The summed E-state index contributed by atoms with van der Waals surface area (Å²) < 4.78 is 5.51. The maximum Gasteiger partial charge on any atom is 0.251 e. The molecule has 0 bridgehead atoms. The molecule has 2 aromatic carbocycles. The zero-order chi connectivity index (χ0) is 22.1. The van der Waals surface area contributed by atoms with Crippen molar-refractivity contribution in [1.29, 1.82) is 0 Å². The van der Waals surface area contributed by atoms with Gasteiger partial charge in [-0.15, -0.1) is 24.0 Å². The highest BCUT2D eigenvalue weighted by Crippen LogP contribution is 2.28. The lowest BCUT2D eigenvalue weighted by Gasteiger charge is -2.38. The molecule has 2 N–H and O–H groups in total. The molecule has 0 radical (unpaired) electrons. The fraction of sp³-hybridized carbons (Fsp3) is 0.417. The molecule has 2 aromatic rings. The number of amides is 1. The number of methoxy groups -OCH3 is 1. The van der Waals surface area contributed by atoms with E-state index in [1.807, 2.05) is 56.4 Å². The zero-order valence-electron chi connectivity index (χ0n) is 19.1. The first-order chi connectivity index (χ1) is 15.2. The van der Waals surface area contributed by atoms with Gasteiger partial charge in [-0.3, -0.25) is 9.79 Å². The third-order valence-corrected chi connectivity index (χ3v) is 5.39. The number of benzene rings is 2. The van der Waals surface area contributed by atoms with Crippen LogP contribution in [0.5, 0.6) is 5.75 Å². The van der Waals surface area contributed by atoms with Crippen LogP contribution in [0, 0.1) is 0 Å². The molecule has 1 amide bonds. The van der Waals surface area contributed by atoms with Crippen molar-refractivity contribution in [3.05, 3.63) is 59.7 Å². The van der Waals surface area contributed by atoms with Crippen molar-refractivity contribution < 1.29 is 9.53 Å². The highest BCUT2D eigenvalue weighted by Gasteiger charge is 2.21. The lowest BCUT2D eigenvalue weighted by molar-refractivity contribution is 0.0953. The summed E-state index contributed by atoms with van der Waals surface area (Å²) in [7, 11) is 3.52. The third kappa shape index (κ3) is 6.75. The number of nitrogens with zero attached hydrogens (tertiary/aromatic N) is 3. The molecule has 3 rings (SSSR count). The van der Waals surface area contributed by atoms with Gasteiger partial charge in [0, 0.05) is 51.9 Å². The van der Waals surface area contributed by atoms with Gasteiger partial charge in [0.25, 0.3) is 5.91 Å². The van der Waals surface area contributed by atoms with Crippen LogP contribution in [0.2, 0.25) is 0 Å². The number of rotatable bonds is 7. The summed E-state index contributed by atoms with van der Waals surface area (Å²) >= 11 is 0. The van der Waals surface area contributed by atoms with E-state index in [9.17, 15) is 4.79 Å². The number of piperazine rings is 1. The number of anilines is 1. The van der Waals surface area contributed by atoms with Crippen molar-refractivity contribution in [3.63, 3.8) is 0 Å². The van der Waals surface area contributed by atoms with E-state index in [1.165, 1.54) is 0 Å². The Kier molecular flexibility index (Phi) is 10.6. The summed E-state index contributed by atoms with van der Waals surface area (Å²) in [5.41, 5.74) is 2.87. The van der Waals surface area contributed by atoms with Gasteiger partial charge >= 0.3 is 0 Å². The van der Waals surface area contributed by atoms with Gasteiger partial charge in [0.2, 0.25) is 0 Å². The van der Waals surface area contributed by atoms with Gasteiger partial charge in [0.05, 0.1) is 12.8 Å². The van der Waals surface area contributed by atoms with E-state index in [0.717, 1.165) is 55.6 Å². The van der Waals surface area contributed by atoms with Gasteiger partial charge in [-0.25, -0.2) is 0 Å². The number of hydrogen-bond acceptors (Lipinski definition) is 4. The van der Waals surface area contributed by atoms with Crippen LogP contribution in [0.1, 0.15) is 29.3 Å². The first kappa shape index (κ1) is 25.8. The van der Waals surface area contributed by atoms with Gasteiger partial charge in [-0.05, 0) is 36.2 Å². The Morgan fingerprint density at radius 1 is 1.06 bits per heavy atom. The largest absolute Gasteiger partial charge is 0.495 e. The summed E-state index contributed by atoms with van der Waals surface area (Å²) in [5, 5.41) is 6.37. The highest BCUT2D eigenvalue weighted by molar-refractivity contribution is 14.0. The van der Waals surface area contributed by atoms with Crippen molar-refractivity contribution in [2.24, 2.45) is 4.99 Å². The first-order valence-electron chi connectivity index (χ1n) is 10.9. The van der Waals surface area contributed by atoms with Crippen LogP contribution in [0.15, 0.2) is 53.5 Å². The lowest BCUT2D eigenvalue weighted by atomic mass is 10.1. The Bertz CT molecular complexity index is 897. The van der Waals surface area contributed by atoms with E-state index < -0.39 is 0 Å². The number of guanidine groups is 1. The van der Waals surface area contributed by atoms with Crippen LogP contribution in [0.4, 0.5) is 5.69 Å². The summed E-state index contributed by atoms with van der Waals surface area (Å²) in [5.74, 6) is 1.75. The Balaban J connectivity index is 0.00000363. The van der Waals surface area contributed by atoms with Crippen LogP contribution < -0.4 is 20.3 Å². The molecule has 1 aliphatic heterocycles. The average molecular weight is 551 g/mol. The molecule has 0 spiro atoms. The predicted molar refractivity (Wildman–Crippen MR) is 141 cm³/mol. The molecular weight excluding hydrogens is 517 g/mol. The van der Waals surface area contributed by atoms with E-state index in [2.05, 4.69) is 31.5 Å².